The highest BCUT2D eigenvalue weighted by atomic mass is 35.5. The van der Waals surface area contributed by atoms with Crippen LogP contribution < -0.4 is 4.74 Å². The van der Waals surface area contributed by atoms with Gasteiger partial charge in [0.15, 0.2) is 9.84 Å². The lowest BCUT2D eigenvalue weighted by molar-refractivity contribution is 0.302. The highest BCUT2D eigenvalue weighted by Crippen LogP contribution is 2.26. The largest absolute Gasteiger partial charge is 0.487 e. The van der Waals surface area contributed by atoms with Crippen LogP contribution in [0.1, 0.15) is 5.69 Å². The van der Waals surface area contributed by atoms with Crippen LogP contribution in [0.5, 0.6) is 5.75 Å². The Bertz CT molecular complexity index is 1250. The molecule has 7 heteroatoms. The van der Waals surface area contributed by atoms with Crippen molar-refractivity contribution in [2.45, 2.75) is 11.5 Å². The van der Waals surface area contributed by atoms with Crippen molar-refractivity contribution in [3.8, 4) is 22.8 Å². The van der Waals surface area contributed by atoms with Gasteiger partial charge >= 0.3 is 0 Å². The third-order valence-electron chi connectivity index (χ3n) is 4.53. The number of para-hydroxylation sites is 1. The van der Waals surface area contributed by atoms with Crippen molar-refractivity contribution in [2.75, 3.05) is 6.26 Å². The first-order valence-electron chi connectivity index (χ1n) is 9.23. The number of hydrogen-bond acceptors (Lipinski definition) is 4. The van der Waals surface area contributed by atoms with Gasteiger partial charge in [-0.2, -0.15) is 0 Å². The van der Waals surface area contributed by atoms with E-state index in [1.54, 1.807) is 24.3 Å². The first-order valence-corrected chi connectivity index (χ1v) is 11.5. The van der Waals surface area contributed by atoms with E-state index in [9.17, 15) is 8.42 Å². The van der Waals surface area contributed by atoms with Gasteiger partial charge in [-0.3, -0.25) is 4.57 Å². The van der Waals surface area contributed by atoms with E-state index in [4.69, 9.17) is 21.3 Å². The molecule has 4 rings (SSSR count). The lowest BCUT2D eigenvalue weighted by atomic mass is 10.2. The Morgan fingerprint density at radius 1 is 0.933 bits per heavy atom. The lowest BCUT2D eigenvalue weighted by Gasteiger charge is -2.09. The molecule has 0 saturated heterocycles. The van der Waals surface area contributed by atoms with Crippen molar-refractivity contribution in [1.82, 2.24) is 9.55 Å². The number of rotatable bonds is 6. The Kier molecular flexibility index (Phi) is 5.61. The van der Waals surface area contributed by atoms with Crippen LogP contribution in [0.15, 0.2) is 90.0 Å². The standard InChI is InChI=1S/C23H19ClN2O3S/c1-30(27,28)22-13-11-20(12-14-22)26-15-19(16-29-21-5-3-2-4-6-21)25-23(26)17-7-9-18(24)10-8-17/h2-15H,16H2,1H3. The van der Waals surface area contributed by atoms with Crippen LogP contribution in [0.2, 0.25) is 5.02 Å². The van der Waals surface area contributed by atoms with Crippen LogP contribution in [0.4, 0.5) is 0 Å². The summed E-state index contributed by atoms with van der Waals surface area (Å²) >= 11 is 6.03. The zero-order valence-corrected chi connectivity index (χ0v) is 17.8. The molecule has 0 atom stereocenters. The van der Waals surface area contributed by atoms with E-state index in [2.05, 4.69) is 0 Å². The molecule has 4 aromatic rings. The van der Waals surface area contributed by atoms with Crippen LogP contribution in [0.25, 0.3) is 17.1 Å². The van der Waals surface area contributed by atoms with Crippen molar-refractivity contribution >= 4 is 21.4 Å². The number of nitrogens with zero attached hydrogens (tertiary/aromatic N) is 2. The van der Waals surface area contributed by atoms with Crippen LogP contribution in [-0.2, 0) is 16.4 Å². The van der Waals surface area contributed by atoms with E-state index in [0.29, 0.717) is 17.5 Å². The minimum absolute atomic E-state index is 0.270. The summed E-state index contributed by atoms with van der Waals surface area (Å²) in [7, 11) is -3.26. The molecule has 3 aromatic carbocycles. The lowest BCUT2D eigenvalue weighted by Crippen LogP contribution is -1.99. The van der Waals surface area contributed by atoms with Gasteiger partial charge in [0.05, 0.1) is 10.6 Å². The Morgan fingerprint density at radius 2 is 1.60 bits per heavy atom. The molecule has 0 radical (unpaired) electrons. The quantitative estimate of drug-likeness (QED) is 0.416. The molecule has 0 aliphatic heterocycles. The number of benzene rings is 3. The van der Waals surface area contributed by atoms with Gasteiger partial charge in [0.2, 0.25) is 0 Å². The number of hydrogen-bond donors (Lipinski definition) is 0. The fraction of sp³-hybridized carbons (Fsp3) is 0.0870. The predicted molar refractivity (Wildman–Crippen MR) is 118 cm³/mol. The van der Waals surface area contributed by atoms with Gasteiger partial charge in [0.1, 0.15) is 18.2 Å². The number of aromatic nitrogens is 2. The van der Waals surface area contributed by atoms with Gasteiger partial charge in [0.25, 0.3) is 0 Å². The maximum absolute atomic E-state index is 11.8. The Balaban J connectivity index is 1.71. The van der Waals surface area contributed by atoms with Gasteiger partial charge in [-0.05, 0) is 60.7 Å². The summed E-state index contributed by atoms with van der Waals surface area (Å²) in [5.74, 6) is 1.48. The van der Waals surface area contributed by atoms with Crippen molar-refractivity contribution in [2.24, 2.45) is 0 Å². The van der Waals surface area contributed by atoms with Gasteiger partial charge in [-0.25, -0.2) is 13.4 Å². The first-order chi connectivity index (χ1) is 14.4. The summed E-state index contributed by atoms with van der Waals surface area (Å²) in [6, 6.07) is 23.7. The molecule has 30 heavy (non-hydrogen) atoms. The third-order valence-corrected chi connectivity index (χ3v) is 5.91. The molecule has 0 fully saturated rings. The molecule has 0 bridgehead atoms. The van der Waals surface area contributed by atoms with Crippen LogP contribution in [-0.4, -0.2) is 24.2 Å². The molecule has 0 N–H and O–H groups in total. The molecule has 0 aliphatic rings. The van der Waals surface area contributed by atoms with Crippen LogP contribution in [0.3, 0.4) is 0 Å². The SMILES string of the molecule is CS(=O)(=O)c1ccc(-n2cc(COc3ccccc3)nc2-c2ccc(Cl)cc2)cc1. The molecule has 0 unspecified atom stereocenters. The van der Waals surface area contributed by atoms with Gasteiger partial charge in [0, 0.05) is 28.7 Å². The molecule has 5 nitrogen and oxygen atoms in total. The van der Waals surface area contributed by atoms with Crippen LogP contribution >= 0.6 is 11.6 Å². The van der Waals surface area contributed by atoms with Gasteiger partial charge in [-0.15, -0.1) is 0 Å². The average Bonchev–Trinajstić information content (AvgIpc) is 3.17. The topological polar surface area (TPSA) is 61.2 Å². The molecular weight excluding hydrogens is 420 g/mol. The predicted octanol–water partition coefficient (Wildman–Crippen LogP) is 5.18. The summed E-state index contributed by atoms with van der Waals surface area (Å²) in [5.41, 5.74) is 2.43. The van der Waals surface area contributed by atoms with E-state index in [1.165, 1.54) is 6.26 Å². The van der Waals surface area contributed by atoms with E-state index in [1.807, 2.05) is 65.4 Å². The van der Waals surface area contributed by atoms with E-state index < -0.39 is 9.84 Å². The molecule has 1 heterocycles. The van der Waals surface area contributed by atoms with E-state index >= 15 is 0 Å². The van der Waals surface area contributed by atoms with Crippen molar-refractivity contribution < 1.29 is 13.2 Å². The molecule has 0 amide bonds. The Labute approximate surface area is 180 Å². The Morgan fingerprint density at radius 3 is 2.23 bits per heavy atom. The maximum atomic E-state index is 11.8. The fourth-order valence-electron chi connectivity index (χ4n) is 3.03. The maximum Gasteiger partial charge on any atom is 0.175 e. The molecule has 1 aromatic heterocycles. The summed E-state index contributed by atoms with van der Waals surface area (Å²) in [5, 5.41) is 0.641. The summed E-state index contributed by atoms with van der Waals surface area (Å²) < 4.78 is 31.3. The minimum Gasteiger partial charge on any atom is -0.487 e. The average molecular weight is 439 g/mol. The highest BCUT2D eigenvalue weighted by Gasteiger charge is 2.14. The number of halogens is 1. The Hall–Kier alpha value is -3.09. The zero-order valence-electron chi connectivity index (χ0n) is 16.2. The fourth-order valence-corrected chi connectivity index (χ4v) is 3.78. The van der Waals surface area contributed by atoms with Crippen molar-refractivity contribution in [3.05, 3.63) is 95.8 Å². The summed E-state index contributed by atoms with van der Waals surface area (Å²) in [6.45, 7) is 0.305. The van der Waals surface area contributed by atoms with Gasteiger partial charge in [-0.1, -0.05) is 29.8 Å². The molecule has 0 spiro atoms. The first kappa shape index (κ1) is 20.2. The van der Waals surface area contributed by atoms with E-state index in [0.717, 1.165) is 22.7 Å². The van der Waals surface area contributed by atoms with Crippen molar-refractivity contribution in [3.63, 3.8) is 0 Å². The highest BCUT2D eigenvalue weighted by molar-refractivity contribution is 7.90. The summed E-state index contributed by atoms with van der Waals surface area (Å²) in [6.07, 6.45) is 3.08. The smallest absolute Gasteiger partial charge is 0.175 e. The number of sulfone groups is 1. The molecule has 0 saturated carbocycles. The van der Waals surface area contributed by atoms with Crippen molar-refractivity contribution in [1.29, 1.82) is 0 Å². The monoisotopic (exact) mass is 438 g/mol. The number of imidazole rings is 1. The minimum atomic E-state index is -3.26. The molecule has 152 valence electrons. The van der Waals surface area contributed by atoms with Crippen LogP contribution in [0, 0.1) is 0 Å². The second kappa shape index (κ2) is 8.34. The second-order valence-electron chi connectivity index (χ2n) is 6.80. The summed E-state index contributed by atoms with van der Waals surface area (Å²) in [4.78, 5) is 5.02. The normalized spacial score (nSPS) is 11.4. The molecular formula is C23H19ClN2O3S. The zero-order chi connectivity index (χ0) is 21.1. The number of ether oxygens (including phenoxy) is 1. The van der Waals surface area contributed by atoms with E-state index in [-0.39, 0.29) is 4.90 Å². The second-order valence-corrected chi connectivity index (χ2v) is 9.25. The molecule has 0 aliphatic carbocycles. The van der Waals surface area contributed by atoms with Gasteiger partial charge < -0.3 is 4.74 Å². The third kappa shape index (κ3) is 4.56.